The lowest BCUT2D eigenvalue weighted by Gasteiger charge is -2.13. The third-order valence-electron chi connectivity index (χ3n) is 2.60. The standard InChI is InChI=1S/C13H15N3/c1-9-6-11(8-15-7-9)12(14)13-10(2)4-3-5-16-13/h3-8,12H,14H2,1-2H3. The van der Waals surface area contributed by atoms with Crippen molar-refractivity contribution in [2.45, 2.75) is 19.9 Å². The minimum absolute atomic E-state index is 0.200. The molecule has 2 heterocycles. The Hall–Kier alpha value is -1.74. The normalized spacial score (nSPS) is 12.4. The van der Waals surface area contributed by atoms with Crippen LogP contribution in [0.1, 0.15) is 28.4 Å². The fourth-order valence-corrected chi connectivity index (χ4v) is 1.73. The van der Waals surface area contributed by atoms with E-state index in [9.17, 15) is 0 Å². The van der Waals surface area contributed by atoms with Gasteiger partial charge in [-0.3, -0.25) is 9.97 Å². The van der Waals surface area contributed by atoms with E-state index in [2.05, 4.69) is 9.97 Å². The molecule has 2 rings (SSSR count). The summed E-state index contributed by atoms with van der Waals surface area (Å²) in [5.74, 6) is 0. The van der Waals surface area contributed by atoms with Crippen molar-refractivity contribution in [3.63, 3.8) is 0 Å². The van der Waals surface area contributed by atoms with Crippen LogP contribution in [0.15, 0.2) is 36.8 Å². The zero-order valence-corrected chi connectivity index (χ0v) is 9.51. The van der Waals surface area contributed by atoms with E-state index >= 15 is 0 Å². The maximum atomic E-state index is 6.18. The van der Waals surface area contributed by atoms with Crippen LogP contribution in [0.5, 0.6) is 0 Å². The number of pyridine rings is 2. The third-order valence-corrected chi connectivity index (χ3v) is 2.60. The van der Waals surface area contributed by atoms with Crippen LogP contribution in [0.3, 0.4) is 0 Å². The molecule has 0 fully saturated rings. The van der Waals surface area contributed by atoms with Crippen molar-refractivity contribution < 1.29 is 0 Å². The quantitative estimate of drug-likeness (QED) is 0.831. The summed E-state index contributed by atoms with van der Waals surface area (Å²) in [6.45, 7) is 4.03. The highest BCUT2D eigenvalue weighted by molar-refractivity contribution is 5.31. The Labute approximate surface area is 95.4 Å². The Morgan fingerprint density at radius 2 is 2.06 bits per heavy atom. The summed E-state index contributed by atoms with van der Waals surface area (Å²) in [5.41, 5.74) is 10.3. The van der Waals surface area contributed by atoms with Gasteiger partial charge in [-0.1, -0.05) is 12.1 Å². The number of rotatable bonds is 2. The zero-order valence-electron chi connectivity index (χ0n) is 9.51. The molecule has 82 valence electrons. The Morgan fingerprint density at radius 3 is 2.75 bits per heavy atom. The fourth-order valence-electron chi connectivity index (χ4n) is 1.73. The van der Waals surface area contributed by atoms with Crippen LogP contribution in [0.4, 0.5) is 0 Å². The minimum atomic E-state index is -0.200. The molecule has 3 heteroatoms. The van der Waals surface area contributed by atoms with Crippen molar-refractivity contribution in [1.29, 1.82) is 0 Å². The van der Waals surface area contributed by atoms with Gasteiger partial charge in [-0.15, -0.1) is 0 Å². The summed E-state index contributed by atoms with van der Waals surface area (Å²) in [6.07, 6.45) is 5.39. The van der Waals surface area contributed by atoms with E-state index in [1.54, 1.807) is 12.4 Å². The van der Waals surface area contributed by atoms with Crippen molar-refractivity contribution in [3.8, 4) is 0 Å². The molecular weight excluding hydrogens is 198 g/mol. The summed E-state index contributed by atoms with van der Waals surface area (Å²) >= 11 is 0. The number of aryl methyl sites for hydroxylation is 2. The maximum Gasteiger partial charge on any atom is 0.0744 e. The van der Waals surface area contributed by atoms with Crippen molar-refractivity contribution in [2.75, 3.05) is 0 Å². The average molecular weight is 213 g/mol. The molecule has 1 unspecified atom stereocenters. The van der Waals surface area contributed by atoms with Crippen LogP contribution < -0.4 is 5.73 Å². The van der Waals surface area contributed by atoms with E-state index in [-0.39, 0.29) is 6.04 Å². The van der Waals surface area contributed by atoms with Crippen molar-refractivity contribution >= 4 is 0 Å². The molecule has 0 saturated carbocycles. The molecule has 2 aromatic heterocycles. The molecule has 0 aliphatic carbocycles. The number of aromatic nitrogens is 2. The second kappa shape index (κ2) is 4.41. The van der Waals surface area contributed by atoms with E-state index in [0.717, 1.165) is 22.4 Å². The smallest absolute Gasteiger partial charge is 0.0744 e. The van der Waals surface area contributed by atoms with E-state index < -0.39 is 0 Å². The summed E-state index contributed by atoms with van der Waals surface area (Å²) in [4.78, 5) is 8.48. The predicted molar refractivity (Wildman–Crippen MR) is 64.0 cm³/mol. The van der Waals surface area contributed by atoms with E-state index in [1.165, 1.54) is 0 Å². The summed E-state index contributed by atoms with van der Waals surface area (Å²) in [5, 5.41) is 0. The van der Waals surface area contributed by atoms with Gasteiger partial charge in [0.15, 0.2) is 0 Å². The van der Waals surface area contributed by atoms with Gasteiger partial charge < -0.3 is 5.73 Å². The van der Waals surface area contributed by atoms with Crippen LogP contribution in [0, 0.1) is 13.8 Å². The van der Waals surface area contributed by atoms with Crippen LogP contribution >= 0.6 is 0 Å². The number of hydrogen-bond acceptors (Lipinski definition) is 3. The van der Waals surface area contributed by atoms with Gasteiger partial charge in [0.2, 0.25) is 0 Å². The molecule has 0 radical (unpaired) electrons. The highest BCUT2D eigenvalue weighted by Gasteiger charge is 2.12. The Morgan fingerprint density at radius 1 is 1.25 bits per heavy atom. The van der Waals surface area contributed by atoms with Crippen LogP contribution in [0.2, 0.25) is 0 Å². The summed E-state index contributed by atoms with van der Waals surface area (Å²) in [7, 11) is 0. The lowest BCUT2D eigenvalue weighted by molar-refractivity contribution is 0.810. The SMILES string of the molecule is Cc1cncc(C(N)c2ncccc2C)c1. The molecule has 2 N–H and O–H groups in total. The first-order valence-electron chi connectivity index (χ1n) is 5.27. The molecule has 0 bridgehead atoms. The van der Waals surface area contributed by atoms with Gasteiger partial charge in [-0.25, -0.2) is 0 Å². The van der Waals surface area contributed by atoms with Crippen molar-refractivity contribution in [3.05, 3.63) is 59.2 Å². The zero-order chi connectivity index (χ0) is 11.5. The summed E-state index contributed by atoms with van der Waals surface area (Å²) in [6, 6.07) is 5.78. The molecule has 2 aromatic rings. The van der Waals surface area contributed by atoms with Gasteiger partial charge in [-0.2, -0.15) is 0 Å². The third kappa shape index (κ3) is 2.09. The Balaban J connectivity index is 2.39. The largest absolute Gasteiger partial charge is 0.319 e. The van der Waals surface area contributed by atoms with Crippen LogP contribution in [-0.4, -0.2) is 9.97 Å². The van der Waals surface area contributed by atoms with E-state index in [1.807, 2.05) is 38.2 Å². The van der Waals surface area contributed by atoms with Crippen LogP contribution in [-0.2, 0) is 0 Å². The molecule has 0 aliphatic heterocycles. The molecule has 0 spiro atoms. The maximum absolute atomic E-state index is 6.18. The highest BCUT2D eigenvalue weighted by Crippen LogP contribution is 2.20. The highest BCUT2D eigenvalue weighted by atomic mass is 14.8. The first-order valence-corrected chi connectivity index (χ1v) is 5.27. The first-order chi connectivity index (χ1) is 7.68. The van der Waals surface area contributed by atoms with Gasteiger partial charge in [0.1, 0.15) is 0 Å². The Kier molecular flexibility index (Phi) is 2.97. The van der Waals surface area contributed by atoms with Gasteiger partial charge in [0.05, 0.1) is 11.7 Å². The van der Waals surface area contributed by atoms with Gasteiger partial charge in [-0.05, 0) is 36.6 Å². The molecule has 16 heavy (non-hydrogen) atoms. The van der Waals surface area contributed by atoms with Crippen LogP contribution in [0.25, 0.3) is 0 Å². The minimum Gasteiger partial charge on any atom is -0.319 e. The van der Waals surface area contributed by atoms with Gasteiger partial charge in [0.25, 0.3) is 0 Å². The van der Waals surface area contributed by atoms with Crippen molar-refractivity contribution in [2.24, 2.45) is 5.73 Å². The first kappa shape index (κ1) is 10.8. The molecule has 3 nitrogen and oxygen atoms in total. The molecule has 0 saturated heterocycles. The lowest BCUT2D eigenvalue weighted by Crippen LogP contribution is -2.15. The molecule has 0 aromatic carbocycles. The molecule has 1 atom stereocenters. The van der Waals surface area contributed by atoms with Crippen molar-refractivity contribution in [1.82, 2.24) is 9.97 Å². The second-order valence-corrected chi connectivity index (χ2v) is 3.98. The monoisotopic (exact) mass is 213 g/mol. The lowest BCUT2D eigenvalue weighted by atomic mass is 10.0. The second-order valence-electron chi connectivity index (χ2n) is 3.98. The predicted octanol–water partition coefficient (Wildman–Crippen LogP) is 2.14. The van der Waals surface area contributed by atoms with Gasteiger partial charge >= 0.3 is 0 Å². The average Bonchev–Trinajstić information content (AvgIpc) is 2.29. The number of nitrogens with two attached hydrogens (primary N) is 1. The van der Waals surface area contributed by atoms with Gasteiger partial charge in [0, 0.05) is 18.6 Å². The van der Waals surface area contributed by atoms with E-state index in [4.69, 9.17) is 5.73 Å². The number of nitrogens with zero attached hydrogens (tertiary/aromatic N) is 2. The van der Waals surface area contributed by atoms with E-state index in [0.29, 0.717) is 0 Å². The topological polar surface area (TPSA) is 51.8 Å². The molecular formula is C13H15N3. The fraction of sp³-hybridized carbons (Fsp3) is 0.231. The summed E-state index contributed by atoms with van der Waals surface area (Å²) < 4.78 is 0. The Bertz CT molecular complexity index is 494. The number of hydrogen-bond donors (Lipinski definition) is 1. The molecule has 0 amide bonds. The molecule has 0 aliphatic rings.